The van der Waals surface area contributed by atoms with E-state index in [9.17, 15) is 9.59 Å². The molecule has 0 unspecified atom stereocenters. The van der Waals surface area contributed by atoms with Gasteiger partial charge in [0.25, 0.3) is 5.91 Å². The molecule has 2 aliphatic heterocycles. The van der Waals surface area contributed by atoms with E-state index in [1.165, 1.54) is 0 Å². The Balaban J connectivity index is 1.43. The van der Waals surface area contributed by atoms with Crippen molar-refractivity contribution in [2.24, 2.45) is 5.92 Å². The normalized spacial score (nSPS) is 19.1. The Morgan fingerprint density at radius 1 is 1.31 bits per heavy atom. The van der Waals surface area contributed by atoms with Crippen molar-refractivity contribution in [1.82, 2.24) is 25.0 Å². The Hall–Kier alpha value is -2.90. The molecule has 0 aromatic carbocycles. The van der Waals surface area contributed by atoms with E-state index in [0.717, 1.165) is 11.4 Å². The summed E-state index contributed by atoms with van der Waals surface area (Å²) in [6.07, 6.45) is 3.05. The van der Waals surface area contributed by atoms with Gasteiger partial charge in [-0.15, -0.1) is 0 Å². The van der Waals surface area contributed by atoms with Crippen LogP contribution in [-0.4, -0.2) is 57.3 Å². The molecule has 29 heavy (non-hydrogen) atoms. The molecule has 2 aliphatic rings. The van der Waals surface area contributed by atoms with E-state index in [1.54, 1.807) is 18.3 Å². The summed E-state index contributed by atoms with van der Waals surface area (Å²) in [6.45, 7) is 7.71. The van der Waals surface area contributed by atoms with Crippen molar-refractivity contribution in [3.05, 3.63) is 41.3 Å². The molecule has 8 heteroatoms. The lowest BCUT2D eigenvalue weighted by atomic mass is 9.91. The minimum absolute atomic E-state index is 0.0936. The largest absolute Gasteiger partial charge is 0.342 e. The van der Waals surface area contributed by atoms with Gasteiger partial charge in [-0.05, 0) is 32.0 Å². The van der Waals surface area contributed by atoms with Crippen molar-refractivity contribution >= 4 is 17.6 Å². The van der Waals surface area contributed by atoms with Gasteiger partial charge in [0.15, 0.2) is 0 Å². The summed E-state index contributed by atoms with van der Waals surface area (Å²) >= 11 is 0. The van der Waals surface area contributed by atoms with E-state index in [-0.39, 0.29) is 17.7 Å². The molecule has 8 nitrogen and oxygen atoms in total. The second kappa shape index (κ2) is 7.17. The molecule has 0 bridgehead atoms. The molecule has 1 N–H and O–H groups in total. The number of rotatable bonds is 3. The van der Waals surface area contributed by atoms with Gasteiger partial charge < -0.3 is 15.1 Å². The first-order valence-electron chi connectivity index (χ1n) is 10.1. The lowest BCUT2D eigenvalue weighted by Gasteiger charge is -2.50. The average molecular weight is 396 g/mol. The summed E-state index contributed by atoms with van der Waals surface area (Å²) in [5.74, 6) is 0.594. The highest BCUT2D eigenvalue weighted by molar-refractivity contribution is 6.01. The monoisotopic (exact) mass is 396 g/mol. The van der Waals surface area contributed by atoms with Crippen LogP contribution in [0.4, 0.5) is 5.82 Å². The van der Waals surface area contributed by atoms with Crippen molar-refractivity contribution in [1.29, 1.82) is 0 Å². The van der Waals surface area contributed by atoms with E-state index in [0.29, 0.717) is 43.9 Å². The molecule has 2 aromatic rings. The van der Waals surface area contributed by atoms with Crippen LogP contribution in [0.15, 0.2) is 24.4 Å². The zero-order valence-corrected chi connectivity index (χ0v) is 17.5. The smallest absolute Gasteiger partial charge is 0.256 e. The van der Waals surface area contributed by atoms with Gasteiger partial charge in [-0.2, -0.15) is 5.10 Å². The summed E-state index contributed by atoms with van der Waals surface area (Å²) in [5, 5.41) is 7.64. The quantitative estimate of drug-likeness (QED) is 0.854. The van der Waals surface area contributed by atoms with Crippen LogP contribution < -0.4 is 10.2 Å². The molecule has 4 rings (SSSR count). The van der Waals surface area contributed by atoms with Crippen LogP contribution in [0.25, 0.3) is 0 Å². The number of nitrogens with one attached hydrogen (secondary N) is 1. The first kappa shape index (κ1) is 19.4. The van der Waals surface area contributed by atoms with Gasteiger partial charge in [0.1, 0.15) is 11.5 Å². The molecule has 0 saturated carbocycles. The number of piperidine rings is 1. The van der Waals surface area contributed by atoms with E-state index in [4.69, 9.17) is 0 Å². The third-order valence-electron chi connectivity index (χ3n) is 6.21. The van der Waals surface area contributed by atoms with Gasteiger partial charge in [0.05, 0.1) is 23.7 Å². The van der Waals surface area contributed by atoms with Crippen LogP contribution in [-0.2, 0) is 11.3 Å². The molecule has 2 amide bonds. The molecule has 1 atom stereocenters. The third kappa shape index (κ3) is 3.36. The van der Waals surface area contributed by atoms with Gasteiger partial charge in [0.2, 0.25) is 5.91 Å². The van der Waals surface area contributed by atoms with Crippen LogP contribution in [0.2, 0.25) is 0 Å². The predicted molar refractivity (Wildman–Crippen MR) is 110 cm³/mol. The van der Waals surface area contributed by atoms with Gasteiger partial charge in [-0.1, -0.05) is 6.92 Å². The van der Waals surface area contributed by atoms with Crippen molar-refractivity contribution in [2.45, 2.75) is 45.8 Å². The van der Waals surface area contributed by atoms with Crippen LogP contribution in [0.5, 0.6) is 0 Å². The lowest BCUT2D eigenvalue weighted by molar-refractivity contribution is -0.137. The Labute approximate surface area is 170 Å². The second-order valence-corrected chi connectivity index (χ2v) is 8.25. The molecule has 0 radical (unpaired) electrons. The van der Waals surface area contributed by atoms with Gasteiger partial charge in [-0.3, -0.25) is 14.3 Å². The van der Waals surface area contributed by atoms with Gasteiger partial charge in [-0.25, -0.2) is 4.98 Å². The molecule has 4 heterocycles. The van der Waals surface area contributed by atoms with Crippen molar-refractivity contribution in [3.8, 4) is 0 Å². The van der Waals surface area contributed by atoms with Crippen molar-refractivity contribution < 1.29 is 9.59 Å². The van der Waals surface area contributed by atoms with Crippen molar-refractivity contribution in [2.75, 3.05) is 25.0 Å². The number of hydrogen-bond donors (Lipinski definition) is 1. The highest BCUT2D eigenvalue weighted by Crippen LogP contribution is 2.35. The topological polar surface area (TPSA) is 83.4 Å². The zero-order valence-electron chi connectivity index (χ0n) is 17.5. The summed E-state index contributed by atoms with van der Waals surface area (Å²) < 4.78 is 1.90. The first-order valence-corrected chi connectivity index (χ1v) is 10.1. The van der Waals surface area contributed by atoms with Crippen molar-refractivity contribution in [3.63, 3.8) is 0 Å². The van der Waals surface area contributed by atoms with Crippen LogP contribution in [0, 0.1) is 19.8 Å². The number of nitrogens with zero attached hydrogens (tertiary/aromatic N) is 5. The minimum atomic E-state index is -0.492. The Kier molecular flexibility index (Phi) is 4.80. The number of amides is 2. The minimum Gasteiger partial charge on any atom is -0.342 e. The molecule has 0 aliphatic carbocycles. The number of pyridine rings is 1. The number of carbonyl (C=O) groups excluding carboxylic acids is 2. The van der Waals surface area contributed by atoms with Gasteiger partial charge >= 0.3 is 0 Å². The van der Waals surface area contributed by atoms with Gasteiger partial charge in [0, 0.05) is 44.9 Å². The molecule has 1 spiro atoms. The SMILES string of the molecule is Cc1cc(C)n(C[C@@H](C)C(=O)N2CCC3(CC2)NC(=O)c2cccnc2N3C)n1. The molecule has 1 fully saturated rings. The van der Waals surface area contributed by atoms with Crippen LogP contribution in [0.3, 0.4) is 0 Å². The van der Waals surface area contributed by atoms with E-state index >= 15 is 0 Å². The number of aromatic nitrogens is 3. The fourth-order valence-electron chi connectivity index (χ4n) is 4.47. The lowest BCUT2D eigenvalue weighted by Crippen LogP contribution is -2.67. The maximum absolute atomic E-state index is 13.0. The number of likely N-dealkylation sites (tertiary alicyclic amines) is 1. The summed E-state index contributed by atoms with van der Waals surface area (Å²) in [4.78, 5) is 34.0. The summed E-state index contributed by atoms with van der Waals surface area (Å²) in [7, 11) is 1.97. The molecule has 2 aromatic heterocycles. The van der Waals surface area contributed by atoms with E-state index < -0.39 is 5.66 Å². The summed E-state index contributed by atoms with van der Waals surface area (Å²) in [5.41, 5.74) is 2.14. The van der Waals surface area contributed by atoms with E-state index in [2.05, 4.69) is 20.3 Å². The maximum Gasteiger partial charge on any atom is 0.256 e. The fraction of sp³-hybridized carbons (Fsp3) is 0.524. The highest BCUT2D eigenvalue weighted by Gasteiger charge is 2.45. The summed E-state index contributed by atoms with van der Waals surface area (Å²) in [6, 6.07) is 5.59. The maximum atomic E-state index is 13.0. The van der Waals surface area contributed by atoms with Crippen LogP contribution in [0.1, 0.15) is 41.5 Å². The second-order valence-electron chi connectivity index (χ2n) is 8.25. The molecular weight excluding hydrogens is 368 g/mol. The number of carbonyl (C=O) groups is 2. The Morgan fingerprint density at radius 2 is 2.03 bits per heavy atom. The highest BCUT2D eigenvalue weighted by atomic mass is 16.2. The fourth-order valence-corrected chi connectivity index (χ4v) is 4.47. The Morgan fingerprint density at radius 3 is 2.69 bits per heavy atom. The predicted octanol–water partition coefficient (Wildman–Crippen LogP) is 1.73. The molecular formula is C21H28N6O2. The third-order valence-corrected chi connectivity index (χ3v) is 6.21. The van der Waals surface area contributed by atoms with Crippen LogP contribution >= 0.6 is 0 Å². The Bertz CT molecular complexity index is 944. The molecule has 154 valence electrons. The number of aryl methyl sites for hydroxylation is 2. The zero-order chi connectivity index (χ0) is 20.8. The number of hydrogen-bond acceptors (Lipinski definition) is 5. The number of fused-ring (bicyclic) bond motifs is 1. The van der Waals surface area contributed by atoms with E-state index in [1.807, 2.05) is 43.5 Å². The molecule has 1 saturated heterocycles. The average Bonchev–Trinajstić information content (AvgIpc) is 3.03. The number of anilines is 1. The first-order chi connectivity index (χ1) is 13.8. The standard InChI is InChI=1S/C21H28N6O2/c1-14(13-27-16(3)12-15(2)24-27)20(29)26-10-7-21(8-11-26)23-19(28)17-6-5-9-22-18(17)25(21)4/h5-6,9,12,14H,7-8,10-11,13H2,1-4H3,(H,23,28)/t14-/m1/s1.